The van der Waals surface area contributed by atoms with Crippen molar-refractivity contribution in [1.29, 1.82) is 0 Å². The second-order valence-corrected chi connectivity index (χ2v) is 9.40. The Labute approximate surface area is 197 Å². The molecule has 0 saturated carbocycles. The van der Waals surface area contributed by atoms with Crippen LogP contribution >= 0.6 is 0 Å². The SMILES string of the molecule is CCCCCCCCCCCCCCCC(C)c1ccc(S(=O)(=O)O)cc1.[H-].[Na+]. The first-order valence-electron chi connectivity index (χ1n) is 11.0. The van der Waals surface area contributed by atoms with Crippen LogP contribution in [0.2, 0.25) is 0 Å². The summed E-state index contributed by atoms with van der Waals surface area (Å²) in [7, 11) is -4.09. The van der Waals surface area contributed by atoms with Gasteiger partial charge in [-0.1, -0.05) is 109 Å². The van der Waals surface area contributed by atoms with Gasteiger partial charge in [-0.3, -0.25) is 4.55 Å². The largest absolute Gasteiger partial charge is 1.00 e. The Morgan fingerprint density at radius 1 is 0.786 bits per heavy atom. The molecule has 1 unspecified atom stereocenters. The molecule has 3 nitrogen and oxygen atoms in total. The maximum atomic E-state index is 11.1. The summed E-state index contributed by atoms with van der Waals surface area (Å²) in [4.78, 5) is -0.0283. The molecule has 0 amide bonds. The summed E-state index contributed by atoms with van der Waals surface area (Å²) in [6, 6.07) is 6.61. The number of benzene rings is 1. The van der Waals surface area contributed by atoms with E-state index in [1.54, 1.807) is 0 Å². The minimum Gasteiger partial charge on any atom is -1.00 e. The van der Waals surface area contributed by atoms with E-state index in [1.165, 1.54) is 95.6 Å². The van der Waals surface area contributed by atoms with Crippen LogP contribution in [0.5, 0.6) is 0 Å². The second kappa shape index (κ2) is 16.9. The van der Waals surface area contributed by atoms with Gasteiger partial charge in [0, 0.05) is 0 Å². The molecule has 0 aliphatic heterocycles. The molecule has 5 heteroatoms. The van der Waals surface area contributed by atoms with Crippen molar-refractivity contribution >= 4 is 10.1 Å². The molecule has 158 valence electrons. The van der Waals surface area contributed by atoms with Crippen molar-refractivity contribution in [3.63, 3.8) is 0 Å². The minimum absolute atomic E-state index is 0. The van der Waals surface area contributed by atoms with Crippen LogP contribution in [0.25, 0.3) is 0 Å². The molecule has 0 fully saturated rings. The van der Waals surface area contributed by atoms with Crippen molar-refractivity contribution in [2.75, 3.05) is 0 Å². The van der Waals surface area contributed by atoms with Gasteiger partial charge in [0.1, 0.15) is 0 Å². The van der Waals surface area contributed by atoms with Gasteiger partial charge in [-0.2, -0.15) is 8.42 Å². The zero-order valence-corrected chi connectivity index (χ0v) is 21.3. The van der Waals surface area contributed by atoms with Crippen LogP contribution < -0.4 is 29.6 Å². The molecule has 0 heterocycles. The van der Waals surface area contributed by atoms with Crippen LogP contribution in [-0.4, -0.2) is 13.0 Å². The fraction of sp³-hybridized carbons (Fsp3) is 0.739. The van der Waals surface area contributed by atoms with Gasteiger partial charge in [-0.05, 0) is 30.0 Å². The fourth-order valence-corrected chi connectivity index (χ4v) is 4.08. The summed E-state index contributed by atoms with van der Waals surface area (Å²) in [6.45, 7) is 4.45. The zero-order chi connectivity index (χ0) is 20.0. The quantitative estimate of drug-likeness (QED) is 0.241. The third kappa shape index (κ3) is 13.4. The Bertz CT molecular complexity index is 591. The normalized spacial score (nSPS) is 12.5. The average Bonchev–Trinajstić information content (AvgIpc) is 2.64. The first-order valence-corrected chi connectivity index (χ1v) is 12.5. The summed E-state index contributed by atoms with van der Waals surface area (Å²) >= 11 is 0. The van der Waals surface area contributed by atoms with E-state index in [1.807, 2.05) is 12.1 Å². The summed E-state index contributed by atoms with van der Waals surface area (Å²) in [5, 5.41) is 0. The third-order valence-corrected chi connectivity index (χ3v) is 6.36. The van der Waals surface area contributed by atoms with Gasteiger partial charge in [0.2, 0.25) is 0 Å². The van der Waals surface area contributed by atoms with Gasteiger partial charge >= 0.3 is 29.6 Å². The Kier molecular flexibility index (Phi) is 17.0. The van der Waals surface area contributed by atoms with Gasteiger partial charge in [0.25, 0.3) is 10.1 Å². The number of hydrogen-bond acceptors (Lipinski definition) is 2. The molecule has 0 aliphatic carbocycles. The molecular weight excluding hydrogens is 379 g/mol. The van der Waals surface area contributed by atoms with E-state index in [2.05, 4.69) is 13.8 Å². The molecule has 1 N–H and O–H groups in total. The van der Waals surface area contributed by atoms with Crippen LogP contribution in [-0.2, 0) is 10.1 Å². The predicted molar refractivity (Wildman–Crippen MR) is 116 cm³/mol. The molecule has 28 heavy (non-hydrogen) atoms. The van der Waals surface area contributed by atoms with Crippen molar-refractivity contribution in [3.05, 3.63) is 29.8 Å². The van der Waals surface area contributed by atoms with E-state index in [4.69, 9.17) is 4.55 Å². The van der Waals surface area contributed by atoms with Gasteiger partial charge in [-0.25, -0.2) is 0 Å². The average molecular weight is 421 g/mol. The molecule has 1 rings (SSSR count). The molecule has 1 aromatic carbocycles. The topological polar surface area (TPSA) is 54.4 Å². The number of rotatable bonds is 16. The predicted octanol–water partition coefficient (Wildman–Crippen LogP) is 4.63. The first kappa shape index (κ1) is 28.1. The van der Waals surface area contributed by atoms with Gasteiger partial charge in [0.05, 0.1) is 4.90 Å². The summed E-state index contributed by atoms with van der Waals surface area (Å²) < 4.78 is 31.2. The molecular formula is C23H41NaO3S. The van der Waals surface area contributed by atoms with Crippen molar-refractivity contribution < 1.29 is 44.0 Å². The number of unbranched alkanes of at least 4 members (excludes halogenated alkanes) is 12. The first-order chi connectivity index (χ1) is 12.9. The van der Waals surface area contributed by atoms with Crippen LogP contribution in [0.4, 0.5) is 0 Å². The van der Waals surface area contributed by atoms with Crippen LogP contribution in [0.1, 0.15) is 117 Å². The maximum Gasteiger partial charge on any atom is 1.00 e. The van der Waals surface area contributed by atoms with Crippen LogP contribution in [0.3, 0.4) is 0 Å². The number of hydrogen-bond donors (Lipinski definition) is 1. The summed E-state index contributed by atoms with van der Waals surface area (Å²) in [5.74, 6) is 0.424. The molecule has 0 saturated heterocycles. The van der Waals surface area contributed by atoms with Crippen molar-refractivity contribution in [1.82, 2.24) is 0 Å². The molecule has 0 aromatic heterocycles. The summed E-state index contributed by atoms with van der Waals surface area (Å²) in [5.41, 5.74) is 1.14. The van der Waals surface area contributed by atoms with E-state index in [-0.39, 0.29) is 35.9 Å². The third-order valence-electron chi connectivity index (χ3n) is 5.49. The Balaban J connectivity index is 0. The fourth-order valence-electron chi connectivity index (χ4n) is 3.60. The zero-order valence-electron chi connectivity index (χ0n) is 19.5. The molecule has 1 aromatic rings. The van der Waals surface area contributed by atoms with Crippen LogP contribution in [0, 0.1) is 0 Å². The van der Waals surface area contributed by atoms with Gasteiger partial charge < -0.3 is 1.43 Å². The molecule has 0 spiro atoms. The van der Waals surface area contributed by atoms with Crippen molar-refractivity contribution in [3.8, 4) is 0 Å². The minimum atomic E-state index is -4.09. The smallest absolute Gasteiger partial charge is 1.00 e. The monoisotopic (exact) mass is 420 g/mol. The maximum absolute atomic E-state index is 11.1. The van der Waals surface area contributed by atoms with Gasteiger partial charge in [-0.15, -0.1) is 0 Å². The molecule has 0 radical (unpaired) electrons. The Hall–Kier alpha value is 0.130. The van der Waals surface area contributed by atoms with E-state index >= 15 is 0 Å². The molecule has 0 bridgehead atoms. The van der Waals surface area contributed by atoms with E-state index in [0.29, 0.717) is 5.92 Å². The van der Waals surface area contributed by atoms with Gasteiger partial charge in [0.15, 0.2) is 0 Å². The van der Waals surface area contributed by atoms with E-state index in [0.717, 1.165) is 12.0 Å². The van der Waals surface area contributed by atoms with E-state index in [9.17, 15) is 8.42 Å². The second-order valence-electron chi connectivity index (χ2n) is 7.98. The Morgan fingerprint density at radius 3 is 1.57 bits per heavy atom. The molecule has 0 aliphatic rings. The van der Waals surface area contributed by atoms with Crippen LogP contribution in [0.15, 0.2) is 29.2 Å². The van der Waals surface area contributed by atoms with Crippen molar-refractivity contribution in [2.45, 2.75) is 115 Å². The molecule has 1 atom stereocenters. The standard InChI is InChI=1S/C23H40O3S.Na.H/c1-3-4-5-6-7-8-9-10-11-12-13-14-15-16-21(2)22-17-19-23(20-18-22)27(24,25)26;;/h17-21H,3-16H2,1-2H3,(H,24,25,26);;/q;+1;-1. The van der Waals surface area contributed by atoms with Crippen molar-refractivity contribution in [2.24, 2.45) is 0 Å². The van der Waals surface area contributed by atoms with E-state index < -0.39 is 10.1 Å². The Morgan fingerprint density at radius 2 is 1.18 bits per heavy atom. The summed E-state index contributed by atoms with van der Waals surface area (Å²) in [6.07, 6.45) is 18.9.